The quantitative estimate of drug-likeness (QED) is 0.605. The van der Waals surface area contributed by atoms with Crippen LogP contribution in [-0.4, -0.2) is 17.6 Å². The van der Waals surface area contributed by atoms with Crippen molar-refractivity contribution >= 4 is 28.6 Å². The highest BCUT2D eigenvalue weighted by molar-refractivity contribution is 14.1. The molecule has 4 nitrogen and oxygen atoms in total. The van der Waals surface area contributed by atoms with Crippen LogP contribution >= 0.6 is 22.6 Å². The van der Waals surface area contributed by atoms with Crippen LogP contribution in [0.1, 0.15) is 18.2 Å². The predicted octanol–water partition coefficient (Wildman–Crippen LogP) is 0.686. The van der Waals surface area contributed by atoms with Gasteiger partial charge in [0.25, 0.3) is 0 Å². The average Bonchev–Trinajstić information content (AvgIpc) is 2.16. The van der Waals surface area contributed by atoms with Crippen LogP contribution in [0.3, 0.4) is 0 Å². The number of aromatic nitrogens is 1. The molecule has 1 rings (SSSR count). The number of aryl methyl sites for hydroxylation is 2. The Morgan fingerprint density at radius 2 is 2.33 bits per heavy atom. The highest BCUT2D eigenvalue weighted by Gasteiger charge is 2.07. The number of hydrogen-bond donors (Lipinski definition) is 0. The number of nitrogens with zero attached hydrogens (tertiary/aromatic N) is 1. The molecule has 0 saturated heterocycles. The number of carboxylic acids is 1. The fourth-order valence-corrected chi connectivity index (χ4v) is 1.87. The van der Waals surface area contributed by atoms with Crippen LogP contribution in [0.4, 0.5) is 0 Å². The largest absolute Gasteiger partial charge is 0.546 e. The summed E-state index contributed by atoms with van der Waals surface area (Å²) in [4.78, 5) is 14.5. The minimum atomic E-state index is -1.23. The molecule has 15 heavy (non-hydrogen) atoms. The summed E-state index contributed by atoms with van der Waals surface area (Å²) in [5.74, 6) is -0.730. The Kier molecular flexibility index (Phi) is 4.31. The van der Waals surface area contributed by atoms with Crippen molar-refractivity contribution in [3.63, 3.8) is 0 Å². The first kappa shape index (κ1) is 12.2. The topological polar surface area (TPSA) is 62.2 Å². The zero-order valence-electron chi connectivity index (χ0n) is 8.54. The van der Waals surface area contributed by atoms with Gasteiger partial charge in [0.05, 0.1) is 5.97 Å². The Hall–Kier alpha value is -0.850. The van der Waals surface area contributed by atoms with E-state index in [9.17, 15) is 9.90 Å². The number of carbonyl (C=O) groups is 1. The lowest BCUT2D eigenvalue weighted by Gasteiger charge is -2.11. The van der Waals surface area contributed by atoms with E-state index >= 15 is 0 Å². The van der Waals surface area contributed by atoms with Crippen LogP contribution in [-0.2, 0) is 11.2 Å². The van der Waals surface area contributed by atoms with E-state index in [1.807, 2.05) is 42.5 Å². The predicted molar refractivity (Wildman–Crippen MR) is 61.6 cm³/mol. The van der Waals surface area contributed by atoms with E-state index in [0.717, 1.165) is 17.7 Å². The molecule has 1 heterocycles. The zero-order chi connectivity index (χ0) is 11.4. The van der Waals surface area contributed by atoms with E-state index in [0.29, 0.717) is 9.45 Å². The number of carbonyl (C=O) groups excluding carboxylic acids is 1. The number of hydrogen-bond acceptors (Lipinski definition) is 4. The fraction of sp³-hybridized carbons (Fsp3) is 0.400. The highest BCUT2D eigenvalue weighted by atomic mass is 127. The van der Waals surface area contributed by atoms with Gasteiger partial charge in [-0.15, -0.1) is 0 Å². The lowest BCUT2D eigenvalue weighted by atomic mass is 10.1. The summed E-state index contributed by atoms with van der Waals surface area (Å²) in [5.41, 5.74) is 2.01. The molecule has 5 heteroatoms. The number of carboxylic acid groups (broad SMARTS) is 1. The van der Waals surface area contributed by atoms with Crippen molar-refractivity contribution in [1.82, 2.24) is 4.98 Å². The third-order valence-electron chi connectivity index (χ3n) is 1.97. The SMILES string of the molecule is CCc1cc(OCC(=O)[O-])c(I)nc1C. The minimum Gasteiger partial charge on any atom is -0.546 e. The summed E-state index contributed by atoms with van der Waals surface area (Å²) in [6, 6.07) is 1.83. The first-order valence-corrected chi connectivity index (χ1v) is 5.61. The van der Waals surface area contributed by atoms with Crippen molar-refractivity contribution in [3.05, 3.63) is 21.0 Å². The van der Waals surface area contributed by atoms with Gasteiger partial charge in [0.1, 0.15) is 10.3 Å². The Labute approximate surface area is 102 Å². The third kappa shape index (κ3) is 3.33. The summed E-state index contributed by atoms with van der Waals surface area (Å²) in [5, 5.41) is 10.2. The second kappa shape index (κ2) is 5.29. The molecule has 0 radical (unpaired) electrons. The van der Waals surface area contributed by atoms with Crippen molar-refractivity contribution in [1.29, 1.82) is 0 Å². The average molecular weight is 320 g/mol. The monoisotopic (exact) mass is 320 g/mol. The standard InChI is InChI=1S/C10H12INO3/c1-3-7-4-8(15-5-9(13)14)10(11)12-6(7)2/h4H,3,5H2,1-2H3,(H,13,14)/p-1. The summed E-state index contributed by atoms with van der Waals surface area (Å²) in [6.07, 6.45) is 0.845. The van der Waals surface area contributed by atoms with Crippen molar-refractivity contribution in [2.24, 2.45) is 0 Å². The first-order valence-electron chi connectivity index (χ1n) is 4.53. The van der Waals surface area contributed by atoms with Crippen LogP contribution in [0.5, 0.6) is 5.75 Å². The van der Waals surface area contributed by atoms with Crippen LogP contribution in [0, 0.1) is 10.6 Å². The Morgan fingerprint density at radius 3 is 2.87 bits per heavy atom. The summed E-state index contributed by atoms with van der Waals surface area (Å²) in [6.45, 7) is 3.49. The Bertz CT molecular complexity index is 379. The van der Waals surface area contributed by atoms with Crippen LogP contribution < -0.4 is 9.84 Å². The molecule has 0 aliphatic rings. The van der Waals surface area contributed by atoms with Crippen molar-refractivity contribution in [2.75, 3.05) is 6.61 Å². The maximum absolute atomic E-state index is 10.2. The molecular weight excluding hydrogens is 309 g/mol. The molecule has 0 N–H and O–H groups in total. The van der Waals surface area contributed by atoms with Gasteiger partial charge >= 0.3 is 0 Å². The van der Waals surface area contributed by atoms with Gasteiger partial charge in [0.2, 0.25) is 0 Å². The van der Waals surface area contributed by atoms with Gasteiger partial charge in [0, 0.05) is 5.69 Å². The van der Waals surface area contributed by atoms with E-state index in [2.05, 4.69) is 4.98 Å². The number of halogens is 1. The number of pyridine rings is 1. The molecule has 0 aromatic carbocycles. The lowest BCUT2D eigenvalue weighted by molar-refractivity contribution is -0.307. The Balaban J connectivity index is 2.92. The lowest BCUT2D eigenvalue weighted by Crippen LogP contribution is -2.29. The zero-order valence-corrected chi connectivity index (χ0v) is 10.7. The van der Waals surface area contributed by atoms with Gasteiger partial charge in [-0.2, -0.15) is 0 Å². The molecule has 0 amide bonds. The van der Waals surface area contributed by atoms with E-state index in [1.165, 1.54) is 0 Å². The van der Waals surface area contributed by atoms with Gasteiger partial charge in [-0.25, -0.2) is 4.98 Å². The second-order valence-electron chi connectivity index (χ2n) is 3.04. The summed E-state index contributed by atoms with van der Waals surface area (Å²) < 4.78 is 5.73. The molecule has 1 aromatic heterocycles. The van der Waals surface area contributed by atoms with E-state index in [-0.39, 0.29) is 0 Å². The van der Waals surface area contributed by atoms with Crippen molar-refractivity contribution in [3.8, 4) is 5.75 Å². The maximum Gasteiger partial charge on any atom is 0.152 e. The minimum absolute atomic E-state index is 0.441. The molecular formula is C10H11INO3-. The molecule has 0 aliphatic carbocycles. The molecule has 0 spiro atoms. The first-order chi connectivity index (χ1) is 7.04. The smallest absolute Gasteiger partial charge is 0.152 e. The molecule has 0 atom stereocenters. The second-order valence-corrected chi connectivity index (χ2v) is 4.06. The fourth-order valence-electron chi connectivity index (χ4n) is 1.19. The molecule has 0 bridgehead atoms. The van der Waals surface area contributed by atoms with Crippen molar-refractivity contribution < 1.29 is 14.6 Å². The normalized spacial score (nSPS) is 10.1. The van der Waals surface area contributed by atoms with E-state index in [1.54, 1.807) is 0 Å². The van der Waals surface area contributed by atoms with E-state index in [4.69, 9.17) is 4.74 Å². The molecule has 0 aliphatic heterocycles. The third-order valence-corrected chi connectivity index (χ3v) is 2.74. The number of ether oxygens (including phenoxy) is 1. The van der Waals surface area contributed by atoms with Crippen molar-refractivity contribution in [2.45, 2.75) is 20.3 Å². The summed E-state index contributed by atoms with van der Waals surface area (Å²) >= 11 is 2.02. The molecule has 0 fully saturated rings. The van der Waals surface area contributed by atoms with Crippen LogP contribution in [0.15, 0.2) is 6.07 Å². The van der Waals surface area contributed by atoms with E-state index < -0.39 is 12.6 Å². The molecule has 0 unspecified atom stereocenters. The van der Waals surface area contributed by atoms with Gasteiger partial charge in [-0.3, -0.25) is 0 Å². The van der Waals surface area contributed by atoms with Crippen LogP contribution in [0.2, 0.25) is 0 Å². The van der Waals surface area contributed by atoms with Gasteiger partial charge in [-0.1, -0.05) is 6.92 Å². The highest BCUT2D eigenvalue weighted by Crippen LogP contribution is 2.22. The maximum atomic E-state index is 10.2. The van der Waals surface area contributed by atoms with Gasteiger partial charge < -0.3 is 14.6 Å². The molecule has 1 aromatic rings. The van der Waals surface area contributed by atoms with Gasteiger partial charge in [0.15, 0.2) is 5.75 Å². The summed E-state index contributed by atoms with van der Waals surface area (Å²) in [7, 11) is 0. The number of rotatable bonds is 4. The Morgan fingerprint density at radius 1 is 1.67 bits per heavy atom. The molecule has 82 valence electrons. The van der Waals surface area contributed by atoms with Gasteiger partial charge in [-0.05, 0) is 47.6 Å². The molecule has 0 saturated carbocycles. The van der Waals surface area contributed by atoms with Crippen LogP contribution in [0.25, 0.3) is 0 Å². The number of aliphatic carboxylic acids is 1.